The summed E-state index contributed by atoms with van der Waals surface area (Å²) < 4.78 is 7.29. The third kappa shape index (κ3) is 6.22. The van der Waals surface area contributed by atoms with Gasteiger partial charge in [-0.05, 0) is 37.2 Å². The first kappa shape index (κ1) is 21.6. The minimum absolute atomic E-state index is 0.629. The number of aryl methyl sites for hydroxylation is 1. The van der Waals surface area contributed by atoms with Gasteiger partial charge in [0.2, 0.25) is 0 Å². The van der Waals surface area contributed by atoms with Crippen LogP contribution in [0.2, 0.25) is 0 Å². The highest BCUT2D eigenvalue weighted by atomic mass is 16.3. The van der Waals surface area contributed by atoms with Crippen LogP contribution in [-0.2, 0) is 33.2 Å². The van der Waals surface area contributed by atoms with E-state index in [1.54, 1.807) is 6.26 Å². The van der Waals surface area contributed by atoms with E-state index in [0.717, 1.165) is 43.5 Å². The van der Waals surface area contributed by atoms with Gasteiger partial charge in [0.05, 0.1) is 25.5 Å². The second kappa shape index (κ2) is 10.6. The lowest BCUT2D eigenvalue weighted by atomic mass is 10.1. The van der Waals surface area contributed by atoms with Crippen molar-refractivity contribution in [3.63, 3.8) is 0 Å². The molecule has 1 aromatic carbocycles. The molecule has 3 rings (SSSR count). The molecule has 0 amide bonds. The molecule has 0 aliphatic rings. The summed E-state index contributed by atoms with van der Waals surface area (Å²) in [6.45, 7) is 5.92. The lowest BCUT2D eigenvalue weighted by molar-refractivity contribution is 0.287. The molecule has 7 heteroatoms. The molecule has 1 N–H and O–H groups in total. The first-order valence-corrected chi connectivity index (χ1v) is 10.3. The fraction of sp³-hybridized carbons (Fsp3) is 0.391. The van der Waals surface area contributed by atoms with E-state index in [4.69, 9.17) is 9.41 Å². The average molecular weight is 409 g/mol. The molecule has 0 bridgehead atoms. The van der Waals surface area contributed by atoms with E-state index in [2.05, 4.69) is 65.5 Å². The third-order valence-corrected chi connectivity index (χ3v) is 4.84. The van der Waals surface area contributed by atoms with Crippen LogP contribution in [0.25, 0.3) is 0 Å². The van der Waals surface area contributed by atoms with E-state index in [1.165, 1.54) is 11.1 Å². The van der Waals surface area contributed by atoms with Crippen molar-refractivity contribution >= 4 is 5.96 Å². The first-order valence-electron chi connectivity index (χ1n) is 10.3. The second-order valence-corrected chi connectivity index (χ2v) is 7.57. The van der Waals surface area contributed by atoms with Crippen LogP contribution in [0.5, 0.6) is 0 Å². The minimum Gasteiger partial charge on any atom is -0.468 e. The molecule has 3 aromatic rings. The summed E-state index contributed by atoms with van der Waals surface area (Å²) in [5.74, 6) is 1.86. The highest BCUT2D eigenvalue weighted by molar-refractivity contribution is 5.79. The predicted molar refractivity (Wildman–Crippen MR) is 120 cm³/mol. The van der Waals surface area contributed by atoms with Crippen LogP contribution in [0.3, 0.4) is 0 Å². The summed E-state index contributed by atoms with van der Waals surface area (Å²) in [6, 6.07) is 12.4. The van der Waals surface area contributed by atoms with E-state index >= 15 is 0 Å². The number of aliphatic imine (C=N–C) groups is 1. The van der Waals surface area contributed by atoms with Crippen molar-refractivity contribution in [3.05, 3.63) is 77.5 Å². The number of hydrogen-bond donors (Lipinski definition) is 1. The van der Waals surface area contributed by atoms with Gasteiger partial charge in [0, 0.05) is 45.5 Å². The van der Waals surface area contributed by atoms with Crippen molar-refractivity contribution in [3.8, 4) is 0 Å². The van der Waals surface area contributed by atoms with Crippen molar-refractivity contribution in [2.24, 2.45) is 12.0 Å². The van der Waals surface area contributed by atoms with Crippen LogP contribution in [0.1, 0.15) is 29.4 Å². The number of furan rings is 1. The monoisotopic (exact) mass is 408 g/mol. The highest BCUT2D eigenvalue weighted by Crippen LogP contribution is 2.15. The third-order valence-electron chi connectivity index (χ3n) is 4.84. The van der Waals surface area contributed by atoms with Crippen LogP contribution in [0, 0.1) is 0 Å². The first-order chi connectivity index (χ1) is 14.5. The maximum absolute atomic E-state index is 5.47. The summed E-state index contributed by atoms with van der Waals surface area (Å²) in [4.78, 5) is 9.28. The zero-order valence-electron chi connectivity index (χ0n) is 18.4. The summed E-state index contributed by atoms with van der Waals surface area (Å²) >= 11 is 0. The van der Waals surface area contributed by atoms with Gasteiger partial charge in [-0.1, -0.05) is 24.3 Å². The molecule has 2 heterocycles. The molecule has 7 nitrogen and oxygen atoms in total. The van der Waals surface area contributed by atoms with Crippen molar-refractivity contribution in [1.82, 2.24) is 24.9 Å². The topological polar surface area (TPSA) is 61.8 Å². The molecule has 2 aromatic heterocycles. The highest BCUT2D eigenvalue weighted by Gasteiger charge is 2.10. The van der Waals surface area contributed by atoms with Gasteiger partial charge in [-0.15, -0.1) is 0 Å². The fourth-order valence-electron chi connectivity index (χ4n) is 3.41. The Morgan fingerprint density at radius 1 is 1.10 bits per heavy atom. The standard InChI is InChI=1S/C23H32N6O/c1-5-24-23(28(3)15-19-13-26-29(4)16-19)25-14-20-9-6-7-10-21(20)17-27(2)18-22-11-8-12-30-22/h6-13,16H,5,14-15,17-18H2,1-4H3,(H,24,25). The van der Waals surface area contributed by atoms with Gasteiger partial charge >= 0.3 is 0 Å². The van der Waals surface area contributed by atoms with E-state index in [0.29, 0.717) is 6.54 Å². The Morgan fingerprint density at radius 2 is 1.90 bits per heavy atom. The van der Waals surface area contributed by atoms with Gasteiger partial charge in [0.1, 0.15) is 5.76 Å². The summed E-state index contributed by atoms with van der Waals surface area (Å²) in [6.07, 6.45) is 5.64. The largest absolute Gasteiger partial charge is 0.468 e. The van der Waals surface area contributed by atoms with Crippen LogP contribution >= 0.6 is 0 Å². The van der Waals surface area contributed by atoms with E-state index in [1.807, 2.05) is 36.3 Å². The van der Waals surface area contributed by atoms with Gasteiger partial charge in [-0.3, -0.25) is 9.58 Å². The van der Waals surface area contributed by atoms with E-state index in [9.17, 15) is 0 Å². The lowest BCUT2D eigenvalue weighted by Gasteiger charge is -2.22. The molecule has 0 aliphatic carbocycles. The van der Waals surface area contributed by atoms with Gasteiger partial charge in [-0.25, -0.2) is 4.99 Å². The maximum Gasteiger partial charge on any atom is 0.194 e. The molecule has 0 spiro atoms. The Labute approximate surface area is 179 Å². The van der Waals surface area contributed by atoms with Gasteiger partial charge < -0.3 is 14.6 Å². The zero-order chi connectivity index (χ0) is 21.3. The number of guanidine groups is 1. The van der Waals surface area contributed by atoms with Crippen molar-refractivity contribution < 1.29 is 4.42 Å². The molecular weight excluding hydrogens is 376 g/mol. The molecule has 0 atom stereocenters. The normalized spacial score (nSPS) is 11.8. The van der Waals surface area contributed by atoms with E-state index < -0.39 is 0 Å². The minimum atomic E-state index is 0.629. The number of benzene rings is 1. The van der Waals surface area contributed by atoms with Crippen molar-refractivity contribution in [2.45, 2.75) is 33.1 Å². The molecule has 30 heavy (non-hydrogen) atoms. The van der Waals surface area contributed by atoms with Crippen LogP contribution in [0.15, 0.2) is 64.5 Å². The average Bonchev–Trinajstić information content (AvgIpc) is 3.37. The molecule has 0 saturated carbocycles. The zero-order valence-corrected chi connectivity index (χ0v) is 18.4. The quantitative estimate of drug-likeness (QED) is 0.435. The smallest absolute Gasteiger partial charge is 0.194 e. The molecule has 0 fully saturated rings. The molecule has 0 radical (unpaired) electrons. The summed E-state index contributed by atoms with van der Waals surface area (Å²) in [5, 5.41) is 7.65. The molecule has 0 aliphatic heterocycles. The fourth-order valence-corrected chi connectivity index (χ4v) is 3.41. The Morgan fingerprint density at radius 3 is 2.57 bits per heavy atom. The number of aromatic nitrogens is 2. The lowest BCUT2D eigenvalue weighted by Crippen LogP contribution is -2.38. The number of rotatable bonds is 9. The Hall–Kier alpha value is -3.06. The number of nitrogens with one attached hydrogen (secondary N) is 1. The van der Waals surface area contributed by atoms with Crippen LogP contribution in [0.4, 0.5) is 0 Å². The summed E-state index contributed by atoms with van der Waals surface area (Å²) in [7, 11) is 6.09. The van der Waals surface area contributed by atoms with Crippen LogP contribution < -0.4 is 5.32 Å². The molecule has 0 saturated heterocycles. The molecule has 160 valence electrons. The van der Waals surface area contributed by atoms with Crippen molar-refractivity contribution in [2.75, 3.05) is 20.6 Å². The van der Waals surface area contributed by atoms with Crippen molar-refractivity contribution in [1.29, 1.82) is 0 Å². The maximum atomic E-state index is 5.47. The molecular formula is C23H32N6O. The number of hydrogen-bond acceptors (Lipinski definition) is 4. The van der Waals surface area contributed by atoms with Crippen LogP contribution in [-0.4, -0.2) is 46.2 Å². The Kier molecular flexibility index (Phi) is 7.68. The predicted octanol–water partition coefficient (Wildman–Crippen LogP) is 3.24. The van der Waals surface area contributed by atoms with Gasteiger partial charge in [0.25, 0.3) is 0 Å². The second-order valence-electron chi connectivity index (χ2n) is 7.57. The van der Waals surface area contributed by atoms with Gasteiger partial charge in [-0.2, -0.15) is 5.10 Å². The van der Waals surface area contributed by atoms with E-state index in [-0.39, 0.29) is 0 Å². The van der Waals surface area contributed by atoms with Gasteiger partial charge in [0.15, 0.2) is 5.96 Å². The summed E-state index contributed by atoms with van der Waals surface area (Å²) in [5.41, 5.74) is 3.67. The SMILES string of the molecule is CCNC(=NCc1ccccc1CN(C)Cc1ccco1)N(C)Cc1cnn(C)c1. The Balaban J connectivity index is 1.67. The number of nitrogens with zero attached hydrogens (tertiary/aromatic N) is 5. The Bertz CT molecular complexity index is 931. The molecule has 0 unspecified atom stereocenters.